The van der Waals surface area contributed by atoms with Crippen LogP contribution in [0.25, 0.3) is 0 Å². The summed E-state index contributed by atoms with van der Waals surface area (Å²) < 4.78 is 4.86. The number of anilines is 1. The first-order valence-corrected chi connectivity index (χ1v) is 5.44. The quantitative estimate of drug-likeness (QED) is 0.891. The fraction of sp³-hybridized carbons (Fsp3) is 0.167. The molecule has 88 valence electrons. The normalized spacial score (nSPS) is 10.3. The van der Waals surface area contributed by atoms with Crippen molar-refractivity contribution in [3.05, 3.63) is 46.3 Å². The van der Waals surface area contributed by atoms with Crippen molar-refractivity contribution >= 4 is 23.2 Å². The van der Waals surface area contributed by atoms with Crippen molar-refractivity contribution in [1.82, 2.24) is 5.16 Å². The van der Waals surface area contributed by atoms with Gasteiger partial charge < -0.3 is 9.84 Å². The van der Waals surface area contributed by atoms with E-state index in [2.05, 4.69) is 10.5 Å². The van der Waals surface area contributed by atoms with Crippen molar-refractivity contribution in [2.24, 2.45) is 0 Å². The number of nitrogens with one attached hydrogen (secondary N) is 1. The first kappa shape index (κ1) is 11.7. The van der Waals surface area contributed by atoms with Gasteiger partial charge in [-0.15, -0.1) is 0 Å². The van der Waals surface area contributed by atoms with Crippen molar-refractivity contribution < 1.29 is 9.32 Å². The lowest BCUT2D eigenvalue weighted by Gasteiger charge is -2.04. The zero-order valence-corrected chi connectivity index (χ0v) is 10.2. The second-order valence-corrected chi connectivity index (χ2v) is 4.20. The molecule has 17 heavy (non-hydrogen) atoms. The summed E-state index contributed by atoms with van der Waals surface area (Å²) in [6, 6.07) is 5.18. The maximum absolute atomic E-state index is 11.9. The van der Waals surface area contributed by atoms with E-state index in [1.165, 1.54) is 6.20 Å². The molecule has 1 amide bonds. The highest BCUT2D eigenvalue weighted by molar-refractivity contribution is 6.31. The molecule has 2 rings (SSSR count). The fourth-order valence-electron chi connectivity index (χ4n) is 1.48. The van der Waals surface area contributed by atoms with E-state index in [1.54, 1.807) is 25.1 Å². The monoisotopic (exact) mass is 250 g/mol. The van der Waals surface area contributed by atoms with Crippen LogP contribution in [0.3, 0.4) is 0 Å². The van der Waals surface area contributed by atoms with Gasteiger partial charge in [0.2, 0.25) is 0 Å². The lowest BCUT2D eigenvalue weighted by atomic mass is 10.1. The Labute approximate surface area is 104 Å². The van der Waals surface area contributed by atoms with Crippen molar-refractivity contribution in [1.29, 1.82) is 0 Å². The molecule has 1 heterocycles. The average Bonchev–Trinajstić information content (AvgIpc) is 2.63. The Bertz CT molecular complexity index is 543. The molecule has 0 aliphatic rings. The number of carbonyl (C=O) groups excluding carboxylic acids is 1. The standard InChI is InChI=1S/C12H11ClN2O2/c1-7-3-9(5-10(13)4-7)12(16)15-11-6-14-17-8(11)2/h3-6H,1-2H3,(H,15,16). The van der Waals surface area contributed by atoms with Crippen molar-refractivity contribution in [2.75, 3.05) is 5.32 Å². The van der Waals surface area contributed by atoms with Gasteiger partial charge in [0.25, 0.3) is 5.91 Å². The third-order valence-electron chi connectivity index (χ3n) is 2.30. The van der Waals surface area contributed by atoms with Gasteiger partial charge in [0.1, 0.15) is 5.69 Å². The van der Waals surface area contributed by atoms with Gasteiger partial charge in [-0.2, -0.15) is 0 Å². The number of halogens is 1. The Kier molecular flexibility index (Phi) is 3.15. The van der Waals surface area contributed by atoms with Crippen LogP contribution in [-0.4, -0.2) is 11.1 Å². The molecule has 0 fully saturated rings. The summed E-state index contributed by atoms with van der Waals surface area (Å²) in [5.74, 6) is 0.332. The Morgan fingerprint density at radius 2 is 2.12 bits per heavy atom. The number of benzene rings is 1. The molecule has 1 aromatic carbocycles. The molecule has 0 spiro atoms. The molecule has 5 heteroatoms. The molecule has 0 saturated heterocycles. The van der Waals surface area contributed by atoms with Gasteiger partial charge in [0, 0.05) is 10.6 Å². The van der Waals surface area contributed by atoms with Gasteiger partial charge in [0.15, 0.2) is 5.76 Å². The first-order chi connectivity index (χ1) is 8.06. The lowest BCUT2D eigenvalue weighted by molar-refractivity contribution is 0.102. The zero-order chi connectivity index (χ0) is 12.4. The second-order valence-electron chi connectivity index (χ2n) is 3.77. The molecule has 0 unspecified atom stereocenters. The van der Waals surface area contributed by atoms with Crippen LogP contribution in [0.4, 0.5) is 5.69 Å². The average molecular weight is 251 g/mol. The Balaban J connectivity index is 2.23. The minimum absolute atomic E-state index is 0.234. The fourth-order valence-corrected chi connectivity index (χ4v) is 1.77. The van der Waals surface area contributed by atoms with E-state index < -0.39 is 0 Å². The SMILES string of the molecule is Cc1cc(Cl)cc(C(=O)Nc2cnoc2C)c1. The summed E-state index contributed by atoms with van der Waals surface area (Å²) in [6.45, 7) is 3.61. The molecular weight excluding hydrogens is 240 g/mol. The smallest absolute Gasteiger partial charge is 0.255 e. The predicted octanol–water partition coefficient (Wildman–Crippen LogP) is 3.20. The van der Waals surface area contributed by atoms with E-state index in [0.717, 1.165) is 5.56 Å². The molecule has 0 aliphatic heterocycles. The third-order valence-corrected chi connectivity index (χ3v) is 2.52. The third kappa shape index (κ3) is 2.65. The van der Waals surface area contributed by atoms with Crippen molar-refractivity contribution in [2.45, 2.75) is 13.8 Å². The number of aryl methyl sites for hydroxylation is 2. The summed E-state index contributed by atoms with van der Waals surface area (Å²) in [6.07, 6.45) is 1.46. The maximum atomic E-state index is 11.9. The van der Waals surface area contributed by atoms with E-state index in [9.17, 15) is 4.79 Å². The molecule has 2 aromatic rings. The molecule has 1 aromatic heterocycles. The van der Waals surface area contributed by atoms with E-state index in [-0.39, 0.29) is 5.91 Å². The van der Waals surface area contributed by atoms with E-state index >= 15 is 0 Å². The maximum Gasteiger partial charge on any atom is 0.255 e. The lowest BCUT2D eigenvalue weighted by Crippen LogP contribution is -2.12. The topological polar surface area (TPSA) is 55.1 Å². The highest BCUT2D eigenvalue weighted by atomic mass is 35.5. The second kappa shape index (κ2) is 4.59. The zero-order valence-electron chi connectivity index (χ0n) is 9.45. The minimum atomic E-state index is -0.234. The van der Waals surface area contributed by atoms with Crippen LogP contribution in [-0.2, 0) is 0 Å². The molecule has 0 bridgehead atoms. The van der Waals surface area contributed by atoms with Crippen LogP contribution in [0.2, 0.25) is 5.02 Å². The van der Waals surface area contributed by atoms with Crippen LogP contribution in [0.5, 0.6) is 0 Å². The summed E-state index contributed by atoms with van der Waals surface area (Å²) in [7, 11) is 0. The van der Waals surface area contributed by atoms with Gasteiger partial charge in [-0.25, -0.2) is 0 Å². The number of nitrogens with zero attached hydrogens (tertiary/aromatic N) is 1. The Hall–Kier alpha value is -1.81. The Morgan fingerprint density at radius 3 is 2.71 bits per heavy atom. The number of rotatable bonds is 2. The number of amides is 1. The van der Waals surface area contributed by atoms with Crippen molar-refractivity contribution in [3.8, 4) is 0 Å². The van der Waals surface area contributed by atoms with Crippen LogP contribution in [0.15, 0.2) is 28.9 Å². The van der Waals surface area contributed by atoms with Gasteiger partial charge in [-0.05, 0) is 37.6 Å². The van der Waals surface area contributed by atoms with E-state index in [1.807, 2.05) is 6.92 Å². The summed E-state index contributed by atoms with van der Waals surface area (Å²) in [5.41, 5.74) is 2.01. The molecule has 0 saturated carbocycles. The summed E-state index contributed by atoms with van der Waals surface area (Å²) in [5, 5.41) is 6.83. The van der Waals surface area contributed by atoms with Crippen LogP contribution in [0.1, 0.15) is 21.7 Å². The largest absolute Gasteiger partial charge is 0.359 e. The number of aromatic nitrogens is 1. The van der Waals surface area contributed by atoms with Gasteiger partial charge in [-0.3, -0.25) is 4.79 Å². The van der Waals surface area contributed by atoms with Gasteiger partial charge in [0.05, 0.1) is 6.20 Å². The highest BCUT2D eigenvalue weighted by Gasteiger charge is 2.10. The van der Waals surface area contributed by atoms with E-state index in [0.29, 0.717) is 22.0 Å². The number of hydrogen-bond acceptors (Lipinski definition) is 3. The molecular formula is C12H11ClN2O2. The number of carbonyl (C=O) groups is 1. The van der Waals surface area contributed by atoms with Crippen LogP contribution < -0.4 is 5.32 Å². The molecule has 0 atom stereocenters. The van der Waals surface area contributed by atoms with Crippen LogP contribution in [0, 0.1) is 13.8 Å². The number of hydrogen-bond donors (Lipinski definition) is 1. The molecule has 0 radical (unpaired) electrons. The summed E-state index contributed by atoms with van der Waals surface area (Å²) >= 11 is 5.90. The molecule has 0 aliphatic carbocycles. The first-order valence-electron chi connectivity index (χ1n) is 5.06. The molecule has 1 N–H and O–H groups in total. The highest BCUT2D eigenvalue weighted by Crippen LogP contribution is 2.17. The van der Waals surface area contributed by atoms with Crippen LogP contribution >= 0.6 is 11.6 Å². The Morgan fingerprint density at radius 1 is 1.35 bits per heavy atom. The van der Waals surface area contributed by atoms with Crippen molar-refractivity contribution in [3.63, 3.8) is 0 Å². The minimum Gasteiger partial charge on any atom is -0.359 e. The predicted molar refractivity (Wildman–Crippen MR) is 65.4 cm³/mol. The molecule has 4 nitrogen and oxygen atoms in total. The summed E-state index contributed by atoms with van der Waals surface area (Å²) in [4.78, 5) is 11.9. The van der Waals surface area contributed by atoms with Gasteiger partial charge >= 0.3 is 0 Å². The van der Waals surface area contributed by atoms with E-state index in [4.69, 9.17) is 16.1 Å². The van der Waals surface area contributed by atoms with Gasteiger partial charge in [-0.1, -0.05) is 16.8 Å².